The number of nitrogens with zero attached hydrogens (tertiary/aromatic N) is 1. The minimum Gasteiger partial charge on any atom is -0.454 e. The van der Waals surface area contributed by atoms with E-state index in [0.29, 0.717) is 0 Å². The average molecular weight is 906 g/mol. The van der Waals surface area contributed by atoms with E-state index in [2.05, 4.69) is 273 Å². The number of anilines is 3. The third kappa shape index (κ3) is 6.08. The maximum Gasteiger partial charge on any atom is 0.159 e. The number of benzene rings is 11. The van der Waals surface area contributed by atoms with Crippen LogP contribution in [0.15, 0.2) is 271 Å². The standard InChI is InChI=1S/C69H47NO/c1-68(49-20-5-2-6-21-49)60-31-15-11-27-54(60)56-43-39-48(45-62(56)68)53-26-13-17-33-64(53)70(65-34-19-30-59-58-29-14-18-35-66(58)71-67(59)65)52-40-36-46(37-41-52)47-38-42-57-55-28-12-16-32-61(55)69(63(57)44-47,50-22-7-3-8-23-50)51-24-9-4-10-25-51/h2-45H,1H3. The average Bonchev–Trinajstić information content (AvgIpc) is 4.07. The van der Waals surface area contributed by atoms with Crippen molar-refractivity contribution in [2.45, 2.75) is 17.8 Å². The molecule has 0 N–H and O–H groups in total. The Morgan fingerprint density at radius 1 is 0.324 bits per heavy atom. The van der Waals surface area contributed by atoms with Crippen molar-refractivity contribution in [3.05, 3.63) is 306 Å². The summed E-state index contributed by atoms with van der Waals surface area (Å²) in [4.78, 5) is 2.40. The van der Waals surface area contributed by atoms with Crippen LogP contribution in [-0.4, -0.2) is 0 Å². The molecule has 2 nitrogen and oxygen atoms in total. The fourth-order valence-electron chi connectivity index (χ4n) is 12.4. The number of fused-ring (bicyclic) bond motifs is 9. The Labute approximate surface area is 414 Å². The molecule has 14 rings (SSSR count). The molecule has 71 heavy (non-hydrogen) atoms. The molecule has 0 amide bonds. The SMILES string of the molecule is CC1(c2ccccc2)c2ccccc2-c2ccc(-c3ccccc3N(c3ccc(-c4ccc5c(c4)C(c4ccccc4)(c4ccccc4)c4ccccc4-5)cc3)c3cccc4c3oc3ccccc34)cc21. The van der Waals surface area contributed by atoms with Crippen LogP contribution in [0.3, 0.4) is 0 Å². The number of hydrogen-bond acceptors (Lipinski definition) is 2. The van der Waals surface area contributed by atoms with Gasteiger partial charge in [-0.2, -0.15) is 0 Å². The summed E-state index contributed by atoms with van der Waals surface area (Å²) in [5, 5.41) is 2.19. The second-order valence-electron chi connectivity index (χ2n) is 19.2. The molecule has 1 unspecified atom stereocenters. The Hall–Kier alpha value is -8.98. The fraction of sp³-hybridized carbons (Fsp3) is 0.0435. The molecule has 0 fully saturated rings. The lowest BCUT2D eigenvalue weighted by molar-refractivity contribution is 0.669. The van der Waals surface area contributed by atoms with Gasteiger partial charge in [0.25, 0.3) is 0 Å². The highest BCUT2D eigenvalue weighted by atomic mass is 16.3. The van der Waals surface area contributed by atoms with Crippen molar-refractivity contribution in [3.8, 4) is 44.5 Å². The molecular weight excluding hydrogens is 859 g/mol. The summed E-state index contributed by atoms with van der Waals surface area (Å²) in [6.07, 6.45) is 0. The lowest BCUT2D eigenvalue weighted by Crippen LogP contribution is -2.28. The van der Waals surface area contributed by atoms with Crippen molar-refractivity contribution in [1.29, 1.82) is 0 Å². The van der Waals surface area contributed by atoms with Gasteiger partial charge in [0.2, 0.25) is 0 Å². The van der Waals surface area contributed by atoms with Gasteiger partial charge < -0.3 is 9.32 Å². The van der Waals surface area contributed by atoms with Gasteiger partial charge >= 0.3 is 0 Å². The zero-order valence-electron chi connectivity index (χ0n) is 39.3. The summed E-state index contributed by atoms with van der Waals surface area (Å²) in [5.74, 6) is 0. The second kappa shape index (κ2) is 16.1. The van der Waals surface area contributed by atoms with Crippen LogP contribution in [0.25, 0.3) is 66.4 Å². The van der Waals surface area contributed by atoms with Crippen molar-refractivity contribution in [2.75, 3.05) is 4.90 Å². The van der Waals surface area contributed by atoms with Gasteiger partial charge in [-0.1, -0.05) is 224 Å². The van der Waals surface area contributed by atoms with E-state index >= 15 is 0 Å². The van der Waals surface area contributed by atoms with E-state index in [9.17, 15) is 0 Å². The zero-order valence-corrected chi connectivity index (χ0v) is 39.3. The smallest absolute Gasteiger partial charge is 0.159 e. The van der Waals surface area contributed by atoms with Gasteiger partial charge in [0.05, 0.1) is 16.8 Å². The molecular formula is C69H47NO. The van der Waals surface area contributed by atoms with Gasteiger partial charge in [0, 0.05) is 27.4 Å². The normalized spacial score (nSPS) is 15.0. The maximum atomic E-state index is 6.84. The number of para-hydroxylation sites is 3. The van der Waals surface area contributed by atoms with Crippen molar-refractivity contribution in [2.24, 2.45) is 0 Å². The van der Waals surface area contributed by atoms with Crippen LogP contribution in [0.4, 0.5) is 17.1 Å². The van der Waals surface area contributed by atoms with Crippen molar-refractivity contribution < 1.29 is 4.42 Å². The van der Waals surface area contributed by atoms with E-state index in [0.717, 1.165) is 55.7 Å². The highest BCUT2D eigenvalue weighted by Gasteiger charge is 2.46. The van der Waals surface area contributed by atoms with Crippen LogP contribution in [0.5, 0.6) is 0 Å². The molecule has 0 spiro atoms. The molecule has 12 aromatic rings. The van der Waals surface area contributed by atoms with E-state index in [4.69, 9.17) is 4.42 Å². The van der Waals surface area contributed by atoms with Crippen LogP contribution in [0.1, 0.15) is 45.9 Å². The van der Waals surface area contributed by atoms with Crippen LogP contribution in [-0.2, 0) is 10.8 Å². The first kappa shape index (κ1) is 41.0. The number of rotatable bonds is 8. The Balaban J connectivity index is 0.938. The minimum absolute atomic E-state index is 0.324. The van der Waals surface area contributed by atoms with Crippen LogP contribution >= 0.6 is 0 Å². The van der Waals surface area contributed by atoms with Gasteiger partial charge in [0.15, 0.2) is 5.58 Å². The van der Waals surface area contributed by atoms with Gasteiger partial charge in [-0.05, 0) is 127 Å². The molecule has 1 atom stereocenters. The fourth-order valence-corrected chi connectivity index (χ4v) is 12.4. The molecule has 334 valence electrons. The van der Waals surface area contributed by atoms with Gasteiger partial charge in [0.1, 0.15) is 5.58 Å². The van der Waals surface area contributed by atoms with E-state index in [1.54, 1.807) is 0 Å². The maximum absolute atomic E-state index is 6.84. The topological polar surface area (TPSA) is 16.4 Å². The molecule has 0 radical (unpaired) electrons. The molecule has 0 bridgehead atoms. The largest absolute Gasteiger partial charge is 0.454 e. The van der Waals surface area contributed by atoms with Crippen LogP contribution in [0.2, 0.25) is 0 Å². The molecule has 2 heteroatoms. The lowest BCUT2D eigenvalue weighted by atomic mass is 9.67. The quantitative estimate of drug-likeness (QED) is 0.151. The molecule has 1 heterocycles. The first-order chi connectivity index (χ1) is 35.1. The van der Waals surface area contributed by atoms with Crippen LogP contribution < -0.4 is 4.90 Å². The molecule has 2 aliphatic rings. The summed E-state index contributed by atoms with van der Waals surface area (Å²) in [7, 11) is 0. The van der Waals surface area contributed by atoms with Crippen molar-refractivity contribution in [3.63, 3.8) is 0 Å². The summed E-state index contributed by atoms with van der Waals surface area (Å²) in [6.45, 7) is 2.39. The first-order valence-corrected chi connectivity index (χ1v) is 24.7. The summed E-state index contributed by atoms with van der Waals surface area (Å²) in [5.41, 5.74) is 22.8. The molecule has 11 aromatic carbocycles. The van der Waals surface area contributed by atoms with E-state index in [-0.39, 0.29) is 5.41 Å². The summed E-state index contributed by atoms with van der Waals surface area (Å²) >= 11 is 0. The number of hydrogen-bond donors (Lipinski definition) is 0. The Kier molecular flexibility index (Phi) is 9.28. The molecule has 1 aromatic heterocycles. The lowest BCUT2D eigenvalue weighted by Gasteiger charge is -2.34. The van der Waals surface area contributed by atoms with Crippen molar-refractivity contribution >= 4 is 39.0 Å². The summed E-state index contributed by atoms with van der Waals surface area (Å²) < 4.78 is 6.84. The molecule has 0 saturated carbocycles. The first-order valence-electron chi connectivity index (χ1n) is 24.7. The van der Waals surface area contributed by atoms with Crippen LogP contribution in [0, 0.1) is 0 Å². The van der Waals surface area contributed by atoms with Gasteiger partial charge in [-0.3, -0.25) is 0 Å². The highest BCUT2D eigenvalue weighted by molar-refractivity contribution is 6.11. The van der Waals surface area contributed by atoms with Gasteiger partial charge in [-0.15, -0.1) is 0 Å². The predicted molar refractivity (Wildman–Crippen MR) is 294 cm³/mol. The minimum atomic E-state index is -0.477. The second-order valence-corrected chi connectivity index (χ2v) is 19.2. The Morgan fingerprint density at radius 3 is 1.54 bits per heavy atom. The van der Waals surface area contributed by atoms with E-state index in [1.807, 2.05) is 6.07 Å². The van der Waals surface area contributed by atoms with Gasteiger partial charge in [-0.25, -0.2) is 0 Å². The number of furan rings is 1. The Bertz CT molecular complexity index is 3960. The molecule has 0 saturated heterocycles. The van der Waals surface area contributed by atoms with Crippen molar-refractivity contribution in [1.82, 2.24) is 0 Å². The van der Waals surface area contributed by atoms with E-state index in [1.165, 1.54) is 66.8 Å². The highest BCUT2D eigenvalue weighted by Crippen LogP contribution is 2.58. The third-order valence-corrected chi connectivity index (χ3v) is 15.7. The molecule has 2 aliphatic carbocycles. The summed E-state index contributed by atoms with van der Waals surface area (Å²) in [6, 6.07) is 98.0. The zero-order chi connectivity index (χ0) is 47.1. The Morgan fingerprint density at radius 2 is 0.817 bits per heavy atom. The molecule has 0 aliphatic heterocycles. The monoisotopic (exact) mass is 905 g/mol. The predicted octanol–water partition coefficient (Wildman–Crippen LogP) is 18.1. The third-order valence-electron chi connectivity index (χ3n) is 15.7. The van der Waals surface area contributed by atoms with E-state index < -0.39 is 5.41 Å².